The SMILES string of the molecule is CC/C=C\C/C=C\C/C=C\C/C=C\C/C=C\CCCC(=O)O[C@H](COC(=O)CCCC/C=C\C/C=C\C/C=C\C/C=C\CC)COC(=O)CCCCCCCCCCCCCCCCCCCCC. The van der Waals surface area contributed by atoms with Gasteiger partial charge in [-0.15, -0.1) is 0 Å². The average molecular weight is 958 g/mol. The van der Waals surface area contributed by atoms with Gasteiger partial charge in [-0.2, -0.15) is 0 Å². The molecule has 0 saturated heterocycles. The van der Waals surface area contributed by atoms with E-state index in [4.69, 9.17) is 14.2 Å². The summed E-state index contributed by atoms with van der Waals surface area (Å²) in [6, 6.07) is 0. The summed E-state index contributed by atoms with van der Waals surface area (Å²) in [5.41, 5.74) is 0. The quantitative estimate of drug-likeness (QED) is 0.0262. The van der Waals surface area contributed by atoms with Crippen LogP contribution in [0, 0.1) is 0 Å². The van der Waals surface area contributed by atoms with Crippen molar-refractivity contribution in [2.24, 2.45) is 0 Å². The molecule has 0 radical (unpaired) electrons. The number of allylic oxidation sites excluding steroid dienone is 18. The van der Waals surface area contributed by atoms with Crippen molar-refractivity contribution in [3.05, 3.63) is 109 Å². The summed E-state index contributed by atoms with van der Waals surface area (Å²) in [5.74, 6) is -1.01. The van der Waals surface area contributed by atoms with E-state index in [0.29, 0.717) is 25.7 Å². The molecule has 0 fully saturated rings. The van der Waals surface area contributed by atoms with Crippen LogP contribution in [0.5, 0.6) is 0 Å². The van der Waals surface area contributed by atoms with Crippen LogP contribution in [0.3, 0.4) is 0 Å². The number of rotatable bonds is 50. The number of carbonyl (C=O) groups excluding carboxylic acids is 3. The van der Waals surface area contributed by atoms with Gasteiger partial charge in [0, 0.05) is 19.3 Å². The number of ether oxygens (including phenoxy) is 3. The molecule has 69 heavy (non-hydrogen) atoms. The molecule has 0 amide bonds. The Kier molecular flexibility index (Phi) is 53.4. The second-order valence-electron chi connectivity index (χ2n) is 18.4. The van der Waals surface area contributed by atoms with Gasteiger partial charge in [0.1, 0.15) is 13.2 Å². The highest BCUT2D eigenvalue weighted by Crippen LogP contribution is 2.16. The second-order valence-corrected chi connectivity index (χ2v) is 18.4. The van der Waals surface area contributed by atoms with Crippen molar-refractivity contribution < 1.29 is 28.6 Å². The maximum absolute atomic E-state index is 12.8. The number of esters is 3. The van der Waals surface area contributed by atoms with E-state index in [1.165, 1.54) is 103 Å². The molecule has 0 aromatic carbocycles. The van der Waals surface area contributed by atoms with Crippen molar-refractivity contribution >= 4 is 17.9 Å². The van der Waals surface area contributed by atoms with Crippen molar-refractivity contribution in [3.8, 4) is 0 Å². The summed E-state index contributed by atoms with van der Waals surface area (Å²) in [6.07, 6.45) is 76.6. The number of hydrogen-bond acceptors (Lipinski definition) is 6. The van der Waals surface area contributed by atoms with E-state index in [-0.39, 0.29) is 37.5 Å². The van der Waals surface area contributed by atoms with E-state index in [1.807, 2.05) is 0 Å². The molecular weight excluding hydrogens is 853 g/mol. The van der Waals surface area contributed by atoms with Gasteiger partial charge >= 0.3 is 17.9 Å². The lowest BCUT2D eigenvalue weighted by Crippen LogP contribution is -2.30. The maximum atomic E-state index is 12.8. The molecule has 0 unspecified atom stereocenters. The summed E-state index contributed by atoms with van der Waals surface area (Å²) < 4.78 is 16.8. The Morgan fingerprint density at radius 2 is 0.580 bits per heavy atom. The van der Waals surface area contributed by atoms with Gasteiger partial charge in [-0.1, -0.05) is 246 Å². The first-order valence-corrected chi connectivity index (χ1v) is 28.4. The first-order chi connectivity index (χ1) is 34.0. The van der Waals surface area contributed by atoms with E-state index in [9.17, 15) is 14.4 Å². The Morgan fingerprint density at radius 3 is 0.928 bits per heavy atom. The van der Waals surface area contributed by atoms with Gasteiger partial charge in [-0.25, -0.2) is 0 Å². The molecule has 0 heterocycles. The minimum Gasteiger partial charge on any atom is -0.462 e. The van der Waals surface area contributed by atoms with Gasteiger partial charge in [0.25, 0.3) is 0 Å². The second kappa shape index (κ2) is 56.7. The molecule has 0 aromatic rings. The Bertz CT molecular complexity index is 1420. The topological polar surface area (TPSA) is 78.9 Å². The highest BCUT2D eigenvalue weighted by molar-refractivity contribution is 5.71. The molecule has 0 N–H and O–H groups in total. The van der Waals surface area contributed by atoms with Gasteiger partial charge in [0.2, 0.25) is 0 Å². The lowest BCUT2D eigenvalue weighted by atomic mass is 10.0. The van der Waals surface area contributed by atoms with Crippen LogP contribution in [0.1, 0.15) is 252 Å². The van der Waals surface area contributed by atoms with E-state index in [0.717, 1.165) is 96.3 Å². The summed E-state index contributed by atoms with van der Waals surface area (Å²) in [4.78, 5) is 38.1. The van der Waals surface area contributed by atoms with Crippen LogP contribution >= 0.6 is 0 Å². The monoisotopic (exact) mass is 957 g/mol. The highest BCUT2D eigenvalue weighted by Gasteiger charge is 2.19. The normalized spacial score (nSPS) is 12.9. The minimum atomic E-state index is -0.825. The largest absolute Gasteiger partial charge is 0.462 e. The number of hydrogen-bond donors (Lipinski definition) is 0. The van der Waals surface area contributed by atoms with E-state index in [1.54, 1.807) is 0 Å². The van der Waals surface area contributed by atoms with Crippen molar-refractivity contribution in [2.75, 3.05) is 13.2 Å². The summed E-state index contributed by atoms with van der Waals surface area (Å²) >= 11 is 0. The van der Waals surface area contributed by atoms with Gasteiger partial charge < -0.3 is 14.2 Å². The zero-order valence-electron chi connectivity index (χ0n) is 44.8. The Morgan fingerprint density at radius 1 is 0.304 bits per heavy atom. The number of unbranched alkanes of at least 4 members (excludes halogenated alkanes) is 21. The first kappa shape index (κ1) is 65.1. The molecule has 6 nitrogen and oxygen atoms in total. The van der Waals surface area contributed by atoms with Gasteiger partial charge in [-0.3, -0.25) is 14.4 Å². The molecule has 0 aliphatic heterocycles. The lowest BCUT2D eigenvalue weighted by Gasteiger charge is -2.18. The molecule has 1 atom stereocenters. The van der Waals surface area contributed by atoms with Crippen LogP contribution in [0.25, 0.3) is 0 Å². The molecular formula is C63H104O6. The van der Waals surface area contributed by atoms with Crippen LogP contribution in [-0.2, 0) is 28.6 Å². The predicted molar refractivity (Wildman–Crippen MR) is 297 cm³/mol. The van der Waals surface area contributed by atoms with Gasteiger partial charge in [0.15, 0.2) is 6.10 Å². The summed E-state index contributed by atoms with van der Waals surface area (Å²) in [5, 5.41) is 0. The van der Waals surface area contributed by atoms with Crippen LogP contribution in [-0.4, -0.2) is 37.2 Å². The molecule has 0 aliphatic carbocycles. The third-order valence-electron chi connectivity index (χ3n) is 11.8. The first-order valence-electron chi connectivity index (χ1n) is 28.4. The van der Waals surface area contributed by atoms with Crippen molar-refractivity contribution in [1.29, 1.82) is 0 Å². The van der Waals surface area contributed by atoms with Crippen LogP contribution in [0.15, 0.2) is 109 Å². The predicted octanol–water partition coefficient (Wildman–Crippen LogP) is 19.1. The molecule has 0 aliphatic rings. The zero-order chi connectivity index (χ0) is 50.0. The van der Waals surface area contributed by atoms with Crippen molar-refractivity contribution in [2.45, 2.75) is 258 Å². The molecule has 0 saturated carbocycles. The Hall–Kier alpha value is -3.93. The molecule has 6 heteroatoms. The maximum Gasteiger partial charge on any atom is 0.306 e. The van der Waals surface area contributed by atoms with Crippen LogP contribution in [0.2, 0.25) is 0 Å². The third-order valence-corrected chi connectivity index (χ3v) is 11.8. The minimum absolute atomic E-state index is 0.114. The molecule has 0 aromatic heterocycles. The fourth-order valence-corrected chi connectivity index (χ4v) is 7.59. The van der Waals surface area contributed by atoms with Crippen molar-refractivity contribution in [3.63, 3.8) is 0 Å². The smallest absolute Gasteiger partial charge is 0.306 e. The van der Waals surface area contributed by atoms with Crippen molar-refractivity contribution in [1.82, 2.24) is 0 Å². The molecule has 0 rings (SSSR count). The molecule has 392 valence electrons. The Labute approximate surface area is 425 Å². The fraction of sp³-hybridized carbons (Fsp3) is 0.667. The highest BCUT2D eigenvalue weighted by atomic mass is 16.6. The average Bonchev–Trinajstić information content (AvgIpc) is 3.35. The molecule has 0 spiro atoms. The Balaban J connectivity index is 4.50. The summed E-state index contributed by atoms with van der Waals surface area (Å²) in [6.45, 7) is 6.34. The van der Waals surface area contributed by atoms with Gasteiger partial charge in [0.05, 0.1) is 0 Å². The van der Waals surface area contributed by atoms with E-state index >= 15 is 0 Å². The lowest BCUT2D eigenvalue weighted by molar-refractivity contribution is -0.167. The number of carbonyl (C=O) groups is 3. The fourth-order valence-electron chi connectivity index (χ4n) is 7.59. The molecule has 0 bridgehead atoms. The van der Waals surface area contributed by atoms with Gasteiger partial charge in [-0.05, 0) is 96.3 Å². The summed E-state index contributed by atoms with van der Waals surface area (Å²) in [7, 11) is 0. The zero-order valence-corrected chi connectivity index (χ0v) is 44.8. The standard InChI is InChI=1S/C63H104O6/c1-4-7-10-13-16-19-22-25-28-30-31-33-35-38-41-44-47-50-53-56-62(65)68-59-60(58-67-61(64)55-52-49-46-43-40-37-34-27-24-21-18-15-12-9-6-3)69-63(66)57-54-51-48-45-42-39-36-32-29-26-23-20-17-14-11-8-5-2/h8-9,11-12,17-18,20-21,26-27,29,34,36,39-40,43,45,48,60H,4-7,10,13-16,19,22-25,28,30-33,35,37-38,41-42,44,46-47,49-59H2,1-3H3/b11-8-,12-9-,20-17-,21-18-,29-26-,34-27-,39-36-,43-40-,48-45-/t60-/m1/s1. The van der Waals surface area contributed by atoms with E-state index < -0.39 is 6.10 Å². The van der Waals surface area contributed by atoms with Crippen LogP contribution in [0.4, 0.5) is 0 Å². The third kappa shape index (κ3) is 54.9. The van der Waals surface area contributed by atoms with E-state index in [2.05, 4.69) is 130 Å². The van der Waals surface area contributed by atoms with Crippen LogP contribution < -0.4 is 0 Å².